The van der Waals surface area contributed by atoms with Crippen LogP contribution >= 0.6 is 11.3 Å². The molecule has 1 aliphatic heterocycles. The van der Waals surface area contributed by atoms with Crippen LogP contribution in [0.5, 0.6) is 0 Å². The molecule has 0 aliphatic carbocycles. The van der Waals surface area contributed by atoms with E-state index in [0.717, 1.165) is 24.6 Å². The van der Waals surface area contributed by atoms with Crippen molar-refractivity contribution in [2.75, 3.05) is 18.9 Å². The number of nitrogen functional groups attached to an aromatic ring is 1. The lowest BCUT2D eigenvalue weighted by molar-refractivity contribution is 0.186. The Morgan fingerprint density at radius 2 is 2.67 bits per heavy atom. The standard InChI is InChI=1S/C8H12N2OS/c9-7-5-12-8(10-7)3-6-1-2-11-4-6/h5-6H,1-4,9H2. The highest BCUT2D eigenvalue weighted by atomic mass is 32.1. The van der Waals surface area contributed by atoms with Crippen LogP contribution in [-0.2, 0) is 11.2 Å². The molecular formula is C8H12N2OS. The van der Waals surface area contributed by atoms with Crippen molar-refractivity contribution in [1.29, 1.82) is 0 Å². The summed E-state index contributed by atoms with van der Waals surface area (Å²) >= 11 is 1.64. The second-order valence-corrected chi connectivity index (χ2v) is 4.04. The molecule has 0 saturated carbocycles. The number of nitrogens with two attached hydrogens (primary N) is 1. The highest BCUT2D eigenvalue weighted by molar-refractivity contribution is 7.10. The third-order valence-corrected chi connectivity index (χ3v) is 2.95. The minimum atomic E-state index is 0.647. The van der Waals surface area contributed by atoms with Crippen molar-refractivity contribution in [3.63, 3.8) is 0 Å². The van der Waals surface area contributed by atoms with Gasteiger partial charge in [-0.3, -0.25) is 0 Å². The molecule has 3 nitrogen and oxygen atoms in total. The van der Waals surface area contributed by atoms with Crippen LogP contribution in [0.1, 0.15) is 11.4 Å². The predicted octanol–water partition coefficient (Wildman–Crippen LogP) is 1.30. The predicted molar refractivity (Wildman–Crippen MR) is 49.2 cm³/mol. The lowest BCUT2D eigenvalue weighted by Gasteiger charge is -2.02. The van der Waals surface area contributed by atoms with Crippen molar-refractivity contribution in [2.45, 2.75) is 12.8 Å². The highest BCUT2D eigenvalue weighted by Crippen LogP contribution is 2.20. The topological polar surface area (TPSA) is 48.1 Å². The Bertz CT molecular complexity index is 255. The van der Waals surface area contributed by atoms with Crippen molar-refractivity contribution in [3.05, 3.63) is 10.4 Å². The molecule has 1 atom stereocenters. The first-order valence-corrected chi connectivity index (χ1v) is 5.00. The van der Waals surface area contributed by atoms with E-state index in [9.17, 15) is 0 Å². The quantitative estimate of drug-likeness (QED) is 0.753. The van der Waals surface area contributed by atoms with Gasteiger partial charge in [0.25, 0.3) is 0 Å². The third-order valence-electron chi connectivity index (χ3n) is 2.06. The minimum Gasteiger partial charge on any atom is -0.383 e. The van der Waals surface area contributed by atoms with Gasteiger partial charge in [-0.1, -0.05) is 0 Å². The number of ether oxygens (including phenoxy) is 1. The third kappa shape index (κ3) is 1.76. The van der Waals surface area contributed by atoms with Crippen LogP contribution in [0.3, 0.4) is 0 Å². The van der Waals surface area contributed by atoms with Gasteiger partial charge in [-0.15, -0.1) is 11.3 Å². The van der Waals surface area contributed by atoms with Gasteiger partial charge in [0.05, 0.1) is 5.01 Å². The second-order valence-electron chi connectivity index (χ2n) is 3.10. The van der Waals surface area contributed by atoms with Crippen molar-refractivity contribution >= 4 is 17.2 Å². The number of aromatic nitrogens is 1. The van der Waals surface area contributed by atoms with Gasteiger partial charge in [0, 0.05) is 25.0 Å². The lowest BCUT2D eigenvalue weighted by Crippen LogP contribution is -2.03. The van der Waals surface area contributed by atoms with Gasteiger partial charge in [-0.05, 0) is 12.3 Å². The van der Waals surface area contributed by atoms with E-state index in [0.29, 0.717) is 11.7 Å². The van der Waals surface area contributed by atoms with Gasteiger partial charge in [0.1, 0.15) is 5.82 Å². The van der Waals surface area contributed by atoms with Gasteiger partial charge >= 0.3 is 0 Å². The summed E-state index contributed by atoms with van der Waals surface area (Å²) in [7, 11) is 0. The Labute approximate surface area is 75.6 Å². The molecule has 2 heterocycles. The van der Waals surface area contributed by atoms with E-state index in [1.165, 1.54) is 6.42 Å². The molecule has 1 aromatic heterocycles. The summed E-state index contributed by atoms with van der Waals surface area (Å²) in [5.41, 5.74) is 5.52. The highest BCUT2D eigenvalue weighted by Gasteiger charge is 2.17. The average Bonchev–Trinajstić information content (AvgIpc) is 2.63. The number of hydrogen-bond donors (Lipinski definition) is 1. The van der Waals surface area contributed by atoms with Crippen molar-refractivity contribution in [3.8, 4) is 0 Å². The number of anilines is 1. The first-order chi connectivity index (χ1) is 5.84. The fraction of sp³-hybridized carbons (Fsp3) is 0.625. The molecule has 12 heavy (non-hydrogen) atoms. The largest absolute Gasteiger partial charge is 0.383 e. The molecule has 0 spiro atoms. The molecular weight excluding hydrogens is 172 g/mol. The van der Waals surface area contributed by atoms with Crippen LogP contribution in [-0.4, -0.2) is 18.2 Å². The molecule has 1 aliphatic rings. The number of hydrogen-bond acceptors (Lipinski definition) is 4. The Morgan fingerprint density at radius 1 is 1.75 bits per heavy atom. The molecule has 0 aromatic carbocycles. The summed E-state index contributed by atoms with van der Waals surface area (Å²) in [5.74, 6) is 1.31. The molecule has 4 heteroatoms. The first kappa shape index (κ1) is 8.01. The zero-order chi connectivity index (χ0) is 8.39. The average molecular weight is 184 g/mol. The molecule has 0 radical (unpaired) electrons. The van der Waals surface area contributed by atoms with E-state index in [-0.39, 0.29) is 0 Å². The fourth-order valence-electron chi connectivity index (χ4n) is 1.41. The zero-order valence-electron chi connectivity index (χ0n) is 6.82. The summed E-state index contributed by atoms with van der Waals surface area (Å²) in [6.45, 7) is 1.80. The van der Waals surface area contributed by atoms with Gasteiger partial charge in [-0.2, -0.15) is 0 Å². The van der Waals surface area contributed by atoms with E-state index in [2.05, 4.69) is 4.98 Å². The molecule has 1 saturated heterocycles. The van der Waals surface area contributed by atoms with E-state index in [1.807, 2.05) is 5.38 Å². The van der Waals surface area contributed by atoms with Gasteiger partial charge in [0.15, 0.2) is 0 Å². The van der Waals surface area contributed by atoms with Gasteiger partial charge < -0.3 is 10.5 Å². The van der Waals surface area contributed by atoms with E-state index >= 15 is 0 Å². The van der Waals surface area contributed by atoms with Crippen LogP contribution in [0.25, 0.3) is 0 Å². The summed E-state index contributed by atoms with van der Waals surface area (Å²) < 4.78 is 5.28. The fourth-order valence-corrected chi connectivity index (χ4v) is 2.21. The second kappa shape index (κ2) is 3.41. The Morgan fingerprint density at radius 3 is 3.25 bits per heavy atom. The Balaban J connectivity index is 1.94. The summed E-state index contributed by atoms with van der Waals surface area (Å²) in [5, 5.41) is 3.04. The summed E-state index contributed by atoms with van der Waals surface area (Å²) in [4.78, 5) is 4.21. The zero-order valence-corrected chi connectivity index (χ0v) is 7.64. The molecule has 1 aromatic rings. The molecule has 66 valence electrons. The Hall–Kier alpha value is -0.610. The maximum atomic E-state index is 5.52. The molecule has 2 N–H and O–H groups in total. The van der Waals surface area contributed by atoms with Crippen LogP contribution in [0, 0.1) is 5.92 Å². The van der Waals surface area contributed by atoms with Gasteiger partial charge in [0.2, 0.25) is 0 Å². The number of thiazole rings is 1. The van der Waals surface area contributed by atoms with E-state index in [1.54, 1.807) is 11.3 Å². The minimum absolute atomic E-state index is 0.647. The van der Waals surface area contributed by atoms with E-state index < -0.39 is 0 Å². The van der Waals surface area contributed by atoms with Crippen molar-refractivity contribution < 1.29 is 4.74 Å². The molecule has 1 unspecified atom stereocenters. The van der Waals surface area contributed by atoms with Crippen molar-refractivity contribution in [1.82, 2.24) is 4.98 Å². The molecule has 1 fully saturated rings. The van der Waals surface area contributed by atoms with Crippen LogP contribution in [0.4, 0.5) is 5.82 Å². The Kier molecular flexibility index (Phi) is 2.28. The monoisotopic (exact) mass is 184 g/mol. The van der Waals surface area contributed by atoms with Crippen LogP contribution in [0.15, 0.2) is 5.38 Å². The summed E-state index contributed by atoms with van der Waals surface area (Å²) in [6.07, 6.45) is 2.20. The number of nitrogens with zero attached hydrogens (tertiary/aromatic N) is 1. The van der Waals surface area contributed by atoms with E-state index in [4.69, 9.17) is 10.5 Å². The summed E-state index contributed by atoms with van der Waals surface area (Å²) in [6, 6.07) is 0. The van der Waals surface area contributed by atoms with Crippen LogP contribution < -0.4 is 5.73 Å². The smallest absolute Gasteiger partial charge is 0.134 e. The normalized spacial score (nSPS) is 23.2. The van der Waals surface area contributed by atoms with Crippen molar-refractivity contribution in [2.24, 2.45) is 5.92 Å². The number of rotatable bonds is 2. The SMILES string of the molecule is Nc1csc(CC2CCOC2)n1. The van der Waals surface area contributed by atoms with Gasteiger partial charge in [-0.25, -0.2) is 4.98 Å². The maximum absolute atomic E-state index is 5.52. The molecule has 0 amide bonds. The maximum Gasteiger partial charge on any atom is 0.134 e. The van der Waals surface area contributed by atoms with Crippen LogP contribution in [0.2, 0.25) is 0 Å². The first-order valence-electron chi connectivity index (χ1n) is 4.12. The molecule has 0 bridgehead atoms. The molecule has 2 rings (SSSR count). The lowest BCUT2D eigenvalue weighted by atomic mass is 10.1.